The number of aliphatic hydroxyl groups excluding tert-OH is 2. The number of hydrogen-bond donors (Lipinski definition) is 12. The van der Waals surface area contributed by atoms with Crippen molar-refractivity contribution < 1.29 is 81.8 Å². The van der Waals surface area contributed by atoms with Gasteiger partial charge in [0.05, 0.1) is 61.2 Å². The summed E-state index contributed by atoms with van der Waals surface area (Å²) < 4.78 is 34.6. The molecule has 0 saturated carbocycles. The maximum Gasteiger partial charge on any atom is 0.410 e. The SMILES string of the molecule is CCC1CN2CCc3cc(OC)c(OC)cc3C2CC1C1Cc2cc(OC)c(OC)cc2CCN1C(=O)OCc1ccc(NC(=O)C(CCC(N)=O)NC(=O)[C@H](CC(C)C)NC(=O)[C@H](CCCCN)NC(=O)[C@H](CO)NC(=O)[C@H](CO)NC(=O)[C@H](Cc2cnc[nH]2)NC(=O)N2CCOCC2)cc1. The van der Waals surface area contributed by atoms with E-state index in [2.05, 4.69) is 71.1 Å². The number of carbonyl (C=O) groups excluding carboxylic acids is 9. The molecule has 2 fully saturated rings. The molecule has 5 unspecified atom stereocenters. The lowest BCUT2D eigenvalue weighted by Gasteiger charge is -2.50. The van der Waals surface area contributed by atoms with Crippen LogP contribution in [-0.2, 0) is 75.3 Å². The number of methoxy groups -OCH3 is 4. The number of ether oxygens (including phenoxy) is 6. The van der Waals surface area contributed by atoms with Crippen LogP contribution in [0.5, 0.6) is 23.0 Å². The van der Waals surface area contributed by atoms with Crippen LogP contribution in [0.1, 0.15) is 112 Å². The molecular formula is C71H102N14O17. The maximum atomic E-state index is 14.8. The Labute approximate surface area is 594 Å². The molecule has 102 heavy (non-hydrogen) atoms. The molecule has 31 nitrogen and oxygen atoms in total. The number of hydrogen-bond acceptors (Lipinski definition) is 20. The Morgan fingerprint density at radius 2 is 1.25 bits per heavy atom. The molecule has 4 aliphatic heterocycles. The van der Waals surface area contributed by atoms with Gasteiger partial charge >= 0.3 is 12.1 Å². The summed E-state index contributed by atoms with van der Waals surface area (Å²) in [6.45, 7) is 7.23. The van der Waals surface area contributed by atoms with Crippen LogP contribution in [0.25, 0.3) is 0 Å². The highest BCUT2D eigenvalue weighted by molar-refractivity contribution is 6.00. The molecule has 4 aliphatic rings. The Kier molecular flexibility index (Phi) is 29.3. The summed E-state index contributed by atoms with van der Waals surface area (Å²) in [6.07, 6.45) is 6.17. The van der Waals surface area contributed by atoms with Crippen molar-refractivity contribution in [3.8, 4) is 23.0 Å². The van der Waals surface area contributed by atoms with Crippen molar-refractivity contribution in [2.75, 3.05) is 99.5 Å². The number of fused-ring (bicyclic) bond motifs is 4. The second-order valence-corrected chi connectivity index (χ2v) is 26.6. The third kappa shape index (κ3) is 20.9. The normalized spacial score (nSPS) is 19.0. The molecule has 0 bridgehead atoms. The van der Waals surface area contributed by atoms with Crippen molar-refractivity contribution >= 4 is 59.2 Å². The van der Waals surface area contributed by atoms with Gasteiger partial charge in [-0.05, 0) is 146 Å². The van der Waals surface area contributed by atoms with Crippen LogP contribution in [-0.4, -0.2) is 225 Å². The number of morpholine rings is 1. The topological polar surface area (TPSA) is 424 Å². The third-order valence-electron chi connectivity index (χ3n) is 19.4. The number of primary amides is 1. The predicted molar refractivity (Wildman–Crippen MR) is 374 cm³/mol. The van der Waals surface area contributed by atoms with Crippen molar-refractivity contribution in [1.29, 1.82) is 0 Å². The summed E-state index contributed by atoms with van der Waals surface area (Å²) in [6, 6.07) is 5.35. The second-order valence-electron chi connectivity index (χ2n) is 26.6. The lowest BCUT2D eigenvalue weighted by molar-refractivity contribution is -0.136. The van der Waals surface area contributed by atoms with Crippen LogP contribution in [0.3, 0.4) is 0 Å². The number of anilines is 1. The second kappa shape index (κ2) is 38.1. The van der Waals surface area contributed by atoms with Crippen LogP contribution >= 0.6 is 0 Å². The lowest BCUT2D eigenvalue weighted by atomic mass is 9.71. The number of aromatic nitrogens is 2. The Morgan fingerprint density at radius 1 is 0.676 bits per heavy atom. The van der Waals surface area contributed by atoms with E-state index in [0.717, 1.165) is 43.5 Å². The molecule has 31 heteroatoms. The molecule has 0 spiro atoms. The van der Waals surface area contributed by atoms with E-state index in [-0.39, 0.29) is 88.2 Å². The fourth-order valence-corrected chi connectivity index (χ4v) is 13.8. The lowest BCUT2D eigenvalue weighted by Crippen LogP contribution is -2.61. The molecule has 0 radical (unpaired) electrons. The molecule has 3 aromatic carbocycles. The molecule has 8 rings (SSSR count). The van der Waals surface area contributed by atoms with Crippen LogP contribution in [0, 0.1) is 17.8 Å². The van der Waals surface area contributed by atoms with Gasteiger partial charge in [-0.1, -0.05) is 39.3 Å². The van der Waals surface area contributed by atoms with E-state index in [0.29, 0.717) is 85.4 Å². The first-order chi connectivity index (χ1) is 49.1. The number of unbranched alkanes of at least 4 members (excludes halogenated alkanes) is 1. The van der Waals surface area contributed by atoms with E-state index in [4.69, 9.17) is 39.9 Å². The zero-order valence-corrected chi connectivity index (χ0v) is 59.3. The quantitative estimate of drug-likeness (QED) is 0.0296. The van der Waals surface area contributed by atoms with Crippen LogP contribution in [0.4, 0.5) is 15.3 Å². The number of aromatic amines is 1. The van der Waals surface area contributed by atoms with Crippen molar-refractivity contribution in [2.45, 2.75) is 153 Å². The minimum atomic E-state index is -1.73. The standard InChI is InChI=1S/C71H102N14O17/c1-8-43-36-84-21-18-45-30-60(98-5)62(100-7)34-50(45)57(84)33-49(43)58-28-46-31-61(99-6)59(97-4)29-44(46)19-22-85(58)71(96)102-39-42-12-14-47(15-13-42)76-64(89)52(16-17-63(73)88)78-66(91)53(27-41(2)3)79-65(90)51(11-9-10-20-72)77-68(93)55(37-86)81-69(94)56(38-87)80-67(92)54(32-48-35-74-40-75-48)82-70(95)83-23-25-101-26-24-83/h12-15,29-31,34-35,40-41,43,49,51-58,86-87H,8-11,16-28,32-33,36-39,72H2,1-7H3,(H2,73,88)(H,74,75)(H,76,89)(H,77,93)(H,78,91)(H,79,90)(H,80,92)(H,81,94)(H,82,95)/t43?,49?,51-,52?,53-,54-,55-,56-,57?,58?/m0/s1. The number of nitrogens with zero attached hydrogens (tertiary/aromatic N) is 4. The minimum absolute atomic E-state index is 0.0187. The first-order valence-corrected chi connectivity index (χ1v) is 35.0. The van der Waals surface area contributed by atoms with Gasteiger partial charge in [0.2, 0.25) is 41.4 Å². The van der Waals surface area contributed by atoms with E-state index in [1.54, 1.807) is 66.6 Å². The maximum absolute atomic E-state index is 14.8. The Morgan fingerprint density at radius 3 is 1.83 bits per heavy atom. The molecule has 558 valence electrons. The summed E-state index contributed by atoms with van der Waals surface area (Å²) in [7, 11) is 6.50. The van der Waals surface area contributed by atoms with Gasteiger partial charge in [0.25, 0.3) is 0 Å². The Bertz CT molecular complexity index is 3500. The van der Waals surface area contributed by atoms with Gasteiger partial charge in [0, 0.05) is 75.2 Å². The molecule has 10 amide bonds. The number of aliphatic hydroxyl groups is 2. The Balaban J connectivity index is 0.910. The van der Waals surface area contributed by atoms with Gasteiger partial charge in [-0.25, -0.2) is 14.6 Å². The fourth-order valence-electron chi connectivity index (χ4n) is 13.8. The van der Waals surface area contributed by atoms with Crippen LogP contribution in [0.2, 0.25) is 0 Å². The Hall–Kier alpha value is -9.30. The summed E-state index contributed by atoms with van der Waals surface area (Å²) >= 11 is 0. The summed E-state index contributed by atoms with van der Waals surface area (Å²) in [5.41, 5.74) is 17.3. The fraction of sp³-hybridized carbons (Fsp3) is 0.577. The van der Waals surface area contributed by atoms with Gasteiger partial charge < -0.3 is 102 Å². The molecular weight excluding hydrogens is 1320 g/mol. The monoisotopic (exact) mass is 1420 g/mol. The van der Waals surface area contributed by atoms with Crippen LogP contribution in [0.15, 0.2) is 61.1 Å². The van der Waals surface area contributed by atoms with Gasteiger partial charge in [0.15, 0.2) is 23.0 Å². The first-order valence-electron chi connectivity index (χ1n) is 35.0. The first kappa shape index (κ1) is 78.4. The molecule has 10 atom stereocenters. The molecule has 1 aromatic heterocycles. The number of imidazole rings is 1. The smallest absolute Gasteiger partial charge is 0.410 e. The molecule has 14 N–H and O–H groups in total. The van der Waals surface area contributed by atoms with E-state index in [1.165, 1.54) is 28.6 Å². The summed E-state index contributed by atoms with van der Waals surface area (Å²) in [5.74, 6) is -3.42. The largest absolute Gasteiger partial charge is 0.493 e. The number of amides is 10. The number of piperidine rings is 1. The van der Waals surface area contributed by atoms with Crippen molar-refractivity contribution in [3.05, 3.63) is 94.6 Å². The zero-order chi connectivity index (χ0) is 73.6. The van der Waals surface area contributed by atoms with E-state index >= 15 is 0 Å². The predicted octanol–water partition coefficient (Wildman–Crippen LogP) is 1.64. The highest BCUT2D eigenvalue weighted by Crippen LogP contribution is 2.48. The van der Waals surface area contributed by atoms with Crippen molar-refractivity contribution in [3.63, 3.8) is 0 Å². The molecule has 0 aliphatic carbocycles. The number of urea groups is 1. The van der Waals surface area contributed by atoms with Gasteiger partial charge in [-0.15, -0.1) is 0 Å². The van der Waals surface area contributed by atoms with Gasteiger partial charge in [-0.3, -0.25) is 38.5 Å². The number of benzene rings is 3. The summed E-state index contributed by atoms with van der Waals surface area (Å²) in [4.78, 5) is 137. The average Bonchev–Trinajstić information content (AvgIpc) is 1.69. The van der Waals surface area contributed by atoms with E-state index in [1.807, 2.05) is 17.0 Å². The van der Waals surface area contributed by atoms with Gasteiger partial charge in [-0.2, -0.15) is 0 Å². The van der Waals surface area contributed by atoms with Gasteiger partial charge in [0.1, 0.15) is 42.9 Å². The highest BCUT2D eigenvalue weighted by atomic mass is 16.6. The number of carbonyl (C=O) groups is 9. The number of nitrogens with one attached hydrogen (secondary N) is 8. The van der Waals surface area contributed by atoms with Crippen molar-refractivity contribution in [1.82, 2.24) is 56.6 Å². The minimum Gasteiger partial charge on any atom is -0.493 e. The number of H-pyrrole nitrogens is 1. The van der Waals surface area contributed by atoms with Crippen molar-refractivity contribution in [2.24, 2.45) is 29.2 Å². The zero-order valence-electron chi connectivity index (χ0n) is 59.3. The molecule has 2 saturated heterocycles. The number of rotatable bonds is 34. The average molecular weight is 1420 g/mol. The van der Waals surface area contributed by atoms with E-state index in [9.17, 15) is 53.4 Å². The van der Waals surface area contributed by atoms with E-state index < -0.39 is 103 Å². The molecule has 5 heterocycles. The summed E-state index contributed by atoms with van der Waals surface area (Å²) in [5, 5.41) is 38.8. The third-order valence-corrected chi connectivity index (χ3v) is 19.4. The number of nitrogens with two attached hydrogens (primary N) is 2. The molecule has 4 aromatic rings. The van der Waals surface area contributed by atoms with Crippen LogP contribution < -0.4 is 67.6 Å². The highest BCUT2D eigenvalue weighted by Gasteiger charge is 2.46.